The van der Waals surface area contributed by atoms with Gasteiger partial charge in [-0.25, -0.2) is 0 Å². The van der Waals surface area contributed by atoms with Crippen molar-refractivity contribution < 1.29 is 19.1 Å². The van der Waals surface area contributed by atoms with Gasteiger partial charge in [0, 0.05) is 31.8 Å². The van der Waals surface area contributed by atoms with Crippen molar-refractivity contribution in [1.82, 2.24) is 10.2 Å². The van der Waals surface area contributed by atoms with E-state index in [2.05, 4.69) is 5.32 Å². The van der Waals surface area contributed by atoms with Crippen molar-refractivity contribution in [1.29, 1.82) is 0 Å². The van der Waals surface area contributed by atoms with E-state index in [1.165, 1.54) is 0 Å². The number of benzene rings is 1. The zero-order valence-electron chi connectivity index (χ0n) is 14.0. The Morgan fingerprint density at radius 2 is 2.12 bits per heavy atom. The molecule has 1 aliphatic heterocycles. The van der Waals surface area contributed by atoms with Crippen LogP contribution in [0.15, 0.2) is 24.3 Å². The van der Waals surface area contributed by atoms with Gasteiger partial charge in [-0.05, 0) is 31.0 Å². The van der Waals surface area contributed by atoms with Gasteiger partial charge in [0.25, 0.3) is 5.91 Å². The van der Waals surface area contributed by atoms with Gasteiger partial charge < -0.3 is 19.7 Å². The van der Waals surface area contributed by atoms with Gasteiger partial charge in [-0.2, -0.15) is 0 Å². The number of carbonyl (C=O) groups is 2. The lowest BCUT2D eigenvalue weighted by Gasteiger charge is -2.38. The molecule has 2 rings (SSSR count). The van der Waals surface area contributed by atoms with Crippen molar-refractivity contribution in [2.75, 3.05) is 33.4 Å². The molecule has 0 bridgehead atoms. The van der Waals surface area contributed by atoms with Crippen LogP contribution in [-0.2, 0) is 19.1 Å². The largest absolute Gasteiger partial charge is 0.382 e. The fraction of sp³-hybridized carbons (Fsp3) is 0.529. The van der Waals surface area contributed by atoms with Crippen LogP contribution in [-0.4, -0.2) is 56.2 Å². The summed E-state index contributed by atoms with van der Waals surface area (Å²) in [6.45, 7) is 3.59. The number of halogens is 1. The number of amides is 2. The second-order valence-electron chi connectivity index (χ2n) is 5.57. The number of nitrogens with one attached hydrogen (secondary N) is 1. The van der Waals surface area contributed by atoms with Crippen molar-refractivity contribution in [2.24, 2.45) is 0 Å². The van der Waals surface area contributed by atoms with Gasteiger partial charge in [0.05, 0.1) is 6.04 Å². The fourth-order valence-electron chi connectivity index (χ4n) is 2.62. The van der Waals surface area contributed by atoms with Crippen LogP contribution in [0, 0.1) is 0 Å². The Labute approximate surface area is 147 Å². The molecule has 1 heterocycles. The number of hydrogen-bond donors (Lipinski definition) is 1. The molecule has 2 amide bonds. The molecule has 1 aromatic carbocycles. The number of rotatable bonds is 7. The highest BCUT2D eigenvalue weighted by Crippen LogP contribution is 2.30. The minimum atomic E-state index is -0.749. The monoisotopic (exact) mass is 354 g/mol. The van der Waals surface area contributed by atoms with Crippen LogP contribution in [0.3, 0.4) is 0 Å². The Bertz CT molecular complexity index is 564. The summed E-state index contributed by atoms with van der Waals surface area (Å²) in [4.78, 5) is 26.0. The van der Waals surface area contributed by atoms with Crippen LogP contribution in [0.4, 0.5) is 0 Å². The highest BCUT2D eigenvalue weighted by atomic mass is 35.5. The lowest BCUT2D eigenvalue weighted by atomic mass is 9.97. The van der Waals surface area contributed by atoms with Crippen LogP contribution in [0.1, 0.15) is 24.9 Å². The van der Waals surface area contributed by atoms with Crippen LogP contribution in [0.5, 0.6) is 0 Å². The summed E-state index contributed by atoms with van der Waals surface area (Å²) < 4.78 is 10.8. The summed E-state index contributed by atoms with van der Waals surface area (Å²) in [5.74, 6) is -0.388. The van der Waals surface area contributed by atoms with Crippen LogP contribution in [0.2, 0.25) is 5.02 Å². The van der Waals surface area contributed by atoms with E-state index in [0.29, 0.717) is 24.8 Å². The quantitative estimate of drug-likeness (QED) is 0.758. The third-order valence-corrected chi connectivity index (χ3v) is 4.17. The third-order valence-electron chi connectivity index (χ3n) is 3.92. The molecule has 6 nitrogen and oxygen atoms in total. The van der Waals surface area contributed by atoms with Gasteiger partial charge in [0.2, 0.25) is 5.91 Å². The molecule has 2 atom stereocenters. The molecule has 1 aromatic rings. The van der Waals surface area contributed by atoms with Crippen molar-refractivity contribution in [3.8, 4) is 0 Å². The van der Waals surface area contributed by atoms with E-state index < -0.39 is 12.1 Å². The maximum atomic E-state index is 12.5. The Hall–Kier alpha value is -1.63. The van der Waals surface area contributed by atoms with Crippen molar-refractivity contribution in [3.63, 3.8) is 0 Å². The third kappa shape index (κ3) is 4.69. The van der Waals surface area contributed by atoms with Crippen molar-refractivity contribution in [3.05, 3.63) is 34.9 Å². The molecule has 0 spiro atoms. The van der Waals surface area contributed by atoms with Gasteiger partial charge in [0.1, 0.15) is 6.61 Å². The molecule has 0 radical (unpaired) electrons. The van der Waals surface area contributed by atoms with E-state index in [4.69, 9.17) is 21.1 Å². The number of morpholine rings is 1. The summed E-state index contributed by atoms with van der Waals surface area (Å²) in [7, 11) is 1.68. The van der Waals surface area contributed by atoms with E-state index in [1.54, 1.807) is 36.2 Å². The van der Waals surface area contributed by atoms with Crippen LogP contribution in [0.25, 0.3) is 0 Å². The number of hydrogen-bond acceptors (Lipinski definition) is 4. The second-order valence-corrected chi connectivity index (χ2v) is 6.01. The molecule has 1 fully saturated rings. The molecule has 1 aliphatic rings. The maximum Gasteiger partial charge on any atom is 0.251 e. The zero-order chi connectivity index (χ0) is 17.5. The average molecular weight is 355 g/mol. The Kier molecular flexibility index (Phi) is 7.02. The Morgan fingerprint density at radius 3 is 2.79 bits per heavy atom. The van der Waals surface area contributed by atoms with Gasteiger partial charge in [-0.15, -0.1) is 0 Å². The zero-order valence-corrected chi connectivity index (χ0v) is 14.7. The molecule has 1 N–H and O–H groups in total. The predicted molar refractivity (Wildman–Crippen MR) is 90.8 cm³/mol. The number of ether oxygens (including phenoxy) is 2. The second kappa shape index (κ2) is 9.01. The average Bonchev–Trinajstić information content (AvgIpc) is 2.58. The van der Waals surface area contributed by atoms with E-state index in [1.807, 2.05) is 6.92 Å². The molecule has 2 unspecified atom stereocenters. The standard InChI is InChI=1S/C17H23ClN2O4/c1-3-23-10-4-9-19-17(22)16-15(20(2)14(21)11-24-16)12-5-7-13(18)8-6-12/h5-8,15-16H,3-4,9-11H2,1-2H3,(H,19,22). The van der Waals surface area contributed by atoms with Gasteiger partial charge >= 0.3 is 0 Å². The summed E-state index contributed by atoms with van der Waals surface area (Å²) >= 11 is 5.92. The molecule has 132 valence electrons. The maximum absolute atomic E-state index is 12.5. The van der Waals surface area contributed by atoms with Crippen LogP contribution >= 0.6 is 11.6 Å². The predicted octanol–water partition coefficient (Wildman–Crippen LogP) is 1.78. The van der Waals surface area contributed by atoms with Gasteiger partial charge in [-0.3, -0.25) is 9.59 Å². The van der Waals surface area contributed by atoms with Crippen molar-refractivity contribution in [2.45, 2.75) is 25.5 Å². The van der Waals surface area contributed by atoms with E-state index in [0.717, 1.165) is 12.0 Å². The smallest absolute Gasteiger partial charge is 0.251 e. The van der Waals surface area contributed by atoms with E-state index >= 15 is 0 Å². The van der Waals surface area contributed by atoms with Crippen molar-refractivity contribution >= 4 is 23.4 Å². The molecule has 7 heteroatoms. The first kappa shape index (κ1) is 18.7. The summed E-state index contributed by atoms with van der Waals surface area (Å²) in [5.41, 5.74) is 0.810. The van der Waals surface area contributed by atoms with Gasteiger partial charge in [-0.1, -0.05) is 23.7 Å². The number of nitrogens with zero attached hydrogens (tertiary/aromatic N) is 1. The van der Waals surface area contributed by atoms with E-state index in [-0.39, 0.29) is 18.4 Å². The first-order valence-electron chi connectivity index (χ1n) is 8.02. The number of likely N-dealkylation sites (N-methyl/N-ethyl adjacent to an activating group) is 1. The fourth-order valence-corrected chi connectivity index (χ4v) is 2.75. The lowest BCUT2D eigenvalue weighted by Crippen LogP contribution is -2.53. The summed E-state index contributed by atoms with van der Waals surface area (Å²) in [5, 5.41) is 3.45. The normalized spacial score (nSPS) is 21.0. The molecule has 1 saturated heterocycles. The molecule has 24 heavy (non-hydrogen) atoms. The molecular weight excluding hydrogens is 332 g/mol. The Morgan fingerprint density at radius 1 is 1.42 bits per heavy atom. The highest BCUT2D eigenvalue weighted by Gasteiger charge is 2.39. The minimum absolute atomic E-state index is 0.0996. The lowest BCUT2D eigenvalue weighted by molar-refractivity contribution is -0.162. The molecule has 0 aliphatic carbocycles. The number of carbonyl (C=O) groups excluding carboxylic acids is 2. The highest BCUT2D eigenvalue weighted by molar-refractivity contribution is 6.30. The first-order valence-corrected chi connectivity index (χ1v) is 8.40. The Balaban J connectivity index is 2.06. The summed E-state index contributed by atoms with van der Waals surface area (Å²) in [6.07, 6.45) is -0.0203. The van der Waals surface area contributed by atoms with Gasteiger partial charge in [0.15, 0.2) is 6.10 Å². The summed E-state index contributed by atoms with van der Waals surface area (Å²) in [6, 6.07) is 6.61. The molecular formula is C17H23ClN2O4. The molecule has 0 saturated carbocycles. The topological polar surface area (TPSA) is 67.9 Å². The minimum Gasteiger partial charge on any atom is -0.382 e. The van der Waals surface area contributed by atoms with Crippen LogP contribution < -0.4 is 5.32 Å². The first-order chi connectivity index (χ1) is 11.5. The molecule has 0 aromatic heterocycles. The van der Waals surface area contributed by atoms with E-state index in [9.17, 15) is 9.59 Å². The SMILES string of the molecule is CCOCCCNC(=O)C1OCC(=O)N(C)C1c1ccc(Cl)cc1.